The Bertz CT molecular complexity index is 640. The second-order valence-corrected chi connectivity index (χ2v) is 7.06. The summed E-state index contributed by atoms with van der Waals surface area (Å²) in [6, 6.07) is 7.05. The third kappa shape index (κ3) is 2.58. The zero-order valence-corrected chi connectivity index (χ0v) is 11.9. The predicted octanol–water partition coefficient (Wildman–Crippen LogP) is 0.492. The molecule has 1 N–H and O–H groups in total. The van der Waals surface area contributed by atoms with Crippen LogP contribution in [0.5, 0.6) is 5.75 Å². The molecule has 6 nitrogen and oxygen atoms in total. The fraction of sp³-hybridized carbons (Fsp3) is 0.462. The lowest BCUT2D eigenvalue weighted by Gasteiger charge is -2.33. The van der Waals surface area contributed by atoms with Crippen molar-refractivity contribution in [1.82, 2.24) is 5.32 Å². The van der Waals surface area contributed by atoms with Crippen LogP contribution in [0.4, 0.5) is 5.69 Å². The van der Waals surface area contributed by atoms with Crippen molar-refractivity contribution >= 4 is 21.6 Å². The van der Waals surface area contributed by atoms with E-state index in [1.807, 2.05) is 0 Å². The van der Waals surface area contributed by atoms with Crippen molar-refractivity contribution in [2.24, 2.45) is 0 Å². The largest absolute Gasteiger partial charge is 0.476 e. The fourth-order valence-electron chi connectivity index (χ4n) is 2.17. The van der Waals surface area contributed by atoms with Gasteiger partial charge >= 0.3 is 0 Å². The van der Waals surface area contributed by atoms with Crippen molar-refractivity contribution in [2.75, 3.05) is 17.1 Å². The number of amides is 1. The zero-order chi connectivity index (χ0) is 14.3. The number of carbonyl (C=O) groups excluding carboxylic acids is 1. The Kier molecular flexibility index (Phi) is 3.08. The molecule has 1 aliphatic carbocycles. The normalized spacial score (nSPS) is 21.9. The maximum Gasteiger partial charge on any atom is 0.263 e. The van der Waals surface area contributed by atoms with Crippen LogP contribution >= 0.6 is 0 Å². The standard InChI is InChI=1S/C13H16N2O4S/c1-20(17,18)15-8-12(13(16)14-9-6-7-9)19-11-5-3-2-4-10(11)15/h2-5,9,12H,6-8H2,1H3,(H,14,16). The number of hydrogen-bond donors (Lipinski definition) is 1. The van der Waals surface area contributed by atoms with Crippen molar-refractivity contribution in [3.63, 3.8) is 0 Å². The molecule has 1 fully saturated rings. The predicted molar refractivity (Wildman–Crippen MR) is 74.2 cm³/mol. The van der Waals surface area contributed by atoms with Crippen LogP contribution in [0.2, 0.25) is 0 Å². The average Bonchev–Trinajstić information content (AvgIpc) is 3.20. The molecule has 0 aromatic heterocycles. The number of benzene rings is 1. The summed E-state index contributed by atoms with van der Waals surface area (Å²) in [4.78, 5) is 12.1. The summed E-state index contributed by atoms with van der Waals surface area (Å²) >= 11 is 0. The lowest BCUT2D eigenvalue weighted by molar-refractivity contribution is -0.127. The zero-order valence-electron chi connectivity index (χ0n) is 11.1. The second-order valence-electron chi connectivity index (χ2n) is 5.15. The highest BCUT2D eigenvalue weighted by atomic mass is 32.2. The molecule has 0 saturated heterocycles. The minimum absolute atomic E-state index is 0.00833. The van der Waals surface area contributed by atoms with E-state index in [1.54, 1.807) is 24.3 Å². The number of carbonyl (C=O) groups is 1. The molecule has 1 amide bonds. The van der Waals surface area contributed by atoms with Crippen LogP contribution in [-0.2, 0) is 14.8 Å². The van der Waals surface area contributed by atoms with E-state index in [2.05, 4.69) is 5.32 Å². The SMILES string of the molecule is CS(=O)(=O)N1CC(C(=O)NC2CC2)Oc2ccccc21. The maximum absolute atomic E-state index is 12.1. The van der Waals surface area contributed by atoms with Gasteiger partial charge in [-0.2, -0.15) is 0 Å². The smallest absolute Gasteiger partial charge is 0.263 e. The van der Waals surface area contributed by atoms with Crippen LogP contribution in [-0.4, -0.2) is 39.3 Å². The molecule has 1 atom stereocenters. The molecule has 1 aliphatic heterocycles. The van der Waals surface area contributed by atoms with Gasteiger partial charge in [-0.05, 0) is 25.0 Å². The molecule has 0 radical (unpaired) electrons. The highest BCUT2D eigenvalue weighted by Gasteiger charge is 2.36. The molecule has 20 heavy (non-hydrogen) atoms. The molecular weight excluding hydrogens is 280 g/mol. The van der Waals surface area contributed by atoms with Crippen LogP contribution in [0.3, 0.4) is 0 Å². The maximum atomic E-state index is 12.1. The first-order valence-corrected chi connectivity index (χ1v) is 8.34. The fourth-order valence-corrected chi connectivity index (χ4v) is 3.09. The van der Waals surface area contributed by atoms with Crippen molar-refractivity contribution in [2.45, 2.75) is 25.0 Å². The Labute approximate surface area is 117 Å². The van der Waals surface area contributed by atoms with Gasteiger partial charge < -0.3 is 10.1 Å². The van der Waals surface area contributed by atoms with Crippen LogP contribution in [0.1, 0.15) is 12.8 Å². The van der Waals surface area contributed by atoms with Gasteiger partial charge in [0.25, 0.3) is 5.91 Å². The quantitative estimate of drug-likeness (QED) is 0.881. The summed E-state index contributed by atoms with van der Waals surface area (Å²) in [6.45, 7) is 0.00833. The van der Waals surface area contributed by atoms with Crippen molar-refractivity contribution in [3.8, 4) is 5.75 Å². The molecule has 1 aromatic carbocycles. The van der Waals surface area contributed by atoms with Crippen molar-refractivity contribution < 1.29 is 17.9 Å². The topological polar surface area (TPSA) is 75.7 Å². The van der Waals surface area contributed by atoms with E-state index < -0.39 is 16.1 Å². The van der Waals surface area contributed by atoms with E-state index in [0.717, 1.165) is 19.1 Å². The number of hydrogen-bond acceptors (Lipinski definition) is 4. The summed E-state index contributed by atoms with van der Waals surface area (Å²) in [6.07, 6.45) is 2.28. The Balaban J connectivity index is 1.89. The van der Waals surface area contributed by atoms with Crippen molar-refractivity contribution in [3.05, 3.63) is 24.3 Å². The van der Waals surface area contributed by atoms with E-state index in [4.69, 9.17) is 4.74 Å². The van der Waals surface area contributed by atoms with Gasteiger partial charge in [0, 0.05) is 6.04 Å². The molecule has 1 aromatic rings. The highest BCUT2D eigenvalue weighted by Crippen LogP contribution is 2.34. The third-order valence-corrected chi connectivity index (χ3v) is 4.50. The summed E-state index contributed by atoms with van der Waals surface area (Å²) in [5, 5.41) is 2.84. The molecule has 1 saturated carbocycles. The summed E-state index contributed by atoms with van der Waals surface area (Å²) in [7, 11) is -3.45. The minimum Gasteiger partial charge on any atom is -0.476 e. The Hall–Kier alpha value is -1.76. The van der Waals surface area contributed by atoms with E-state index in [1.165, 1.54) is 4.31 Å². The molecule has 1 unspecified atom stereocenters. The molecular formula is C13H16N2O4S. The van der Waals surface area contributed by atoms with E-state index in [0.29, 0.717) is 11.4 Å². The number of sulfonamides is 1. The number of nitrogens with one attached hydrogen (secondary N) is 1. The lowest BCUT2D eigenvalue weighted by atomic mass is 10.2. The summed E-state index contributed by atoms with van der Waals surface area (Å²) in [5.74, 6) is 0.163. The first-order valence-electron chi connectivity index (χ1n) is 6.49. The van der Waals surface area contributed by atoms with Gasteiger partial charge in [-0.1, -0.05) is 12.1 Å². The molecule has 0 bridgehead atoms. The molecule has 2 aliphatic rings. The van der Waals surface area contributed by atoms with Gasteiger partial charge in [0.1, 0.15) is 5.75 Å². The minimum atomic E-state index is -3.45. The molecule has 0 spiro atoms. The Morgan fingerprint density at radius 1 is 1.35 bits per heavy atom. The van der Waals surface area contributed by atoms with Gasteiger partial charge in [0.05, 0.1) is 18.5 Å². The number of para-hydroxylation sites is 2. The van der Waals surface area contributed by atoms with Crippen LogP contribution in [0, 0.1) is 0 Å². The first-order chi connectivity index (χ1) is 9.45. The van der Waals surface area contributed by atoms with E-state index >= 15 is 0 Å². The lowest BCUT2D eigenvalue weighted by Crippen LogP contribution is -2.50. The van der Waals surface area contributed by atoms with E-state index in [-0.39, 0.29) is 18.5 Å². The number of anilines is 1. The third-order valence-electron chi connectivity index (χ3n) is 3.35. The van der Waals surface area contributed by atoms with Gasteiger partial charge in [-0.25, -0.2) is 8.42 Å². The Morgan fingerprint density at radius 3 is 2.70 bits per heavy atom. The van der Waals surface area contributed by atoms with Gasteiger partial charge in [0.2, 0.25) is 10.0 Å². The van der Waals surface area contributed by atoms with Gasteiger partial charge in [0.15, 0.2) is 6.10 Å². The van der Waals surface area contributed by atoms with Crippen LogP contribution in [0.25, 0.3) is 0 Å². The number of fused-ring (bicyclic) bond motifs is 1. The second kappa shape index (κ2) is 4.66. The van der Waals surface area contributed by atoms with Gasteiger partial charge in [-0.3, -0.25) is 9.10 Å². The molecule has 1 heterocycles. The summed E-state index contributed by atoms with van der Waals surface area (Å²) < 4.78 is 30.6. The number of rotatable bonds is 3. The van der Waals surface area contributed by atoms with Crippen LogP contribution in [0.15, 0.2) is 24.3 Å². The van der Waals surface area contributed by atoms with Crippen LogP contribution < -0.4 is 14.4 Å². The number of nitrogens with zero attached hydrogens (tertiary/aromatic N) is 1. The first kappa shape index (κ1) is 13.2. The van der Waals surface area contributed by atoms with Crippen molar-refractivity contribution in [1.29, 1.82) is 0 Å². The number of ether oxygens (including phenoxy) is 1. The van der Waals surface area contributed by atoms with Gasteiger partial charge in [-0.15, -0.1) is 0 Å². The monoisotopic (exact) mass is 296 g/mol. The average molecular weight is 296 g/mol. The Morgan fingerprint density at radius 2 is 2.05 bits per heavy atom. The van der Waals surface area contributed by atoms with E-state index in [9.17, 15) is 13.2 Å². The molecule has 3 rings (SSSR count). The summed E-state index contributed by atoms with van der Waals surface area (Å²) in [5.41, 5.74) is 0.477. The highest BCUT2D eigenvalue weighted by molar-refractivity contribution is 7.92. The molecule has 108 valence electrons. The molecule has 7 heteroatoms.